The van der Waals surface area contributed by atoms with E-state index in [4.69, 9.17) is 0 Å². The molecule has 0 heterocycles. The largest absolute Gasteiger partial charge is 0.313 e. The van der Waals surface area contributed by atoms with E-state index in [2.05, 4.69) is 5.32 Å². The summed E-state index contributed by atoms with van der Waals surface area (Å²) >= 11 is 0. The van der Waals surface area contributed by atoms with Crippen LogP contribution in [-0.2, 0) is 9.84 Å². The van der Waals surface area contributed by atoms with Gasteiger partial charge in [-0.2, -0.15) is 0 Å². The van der Waals surface area contributed by atoms with Gasteiger partial charge >= 0.3 is 0 Å². The molecule has 1 aliphatic rings. The lowest BCUT2D eigenvalue weighted by Gasteiger charge is -2.20. The van der Waals surface area contributed by atoms with Crippen LogP contribution in [-0.4, -0.2) is 31.5 Å². The fourth-order valence-electron chi connectivity index (χ4n) is 1.83. The molecule has 0 saturated heterocycles. The summed E-state index contributed by atoms with van der Waals surface area (Å²) in [6.07, 6.45) is 4.97. The van der Waals surface area contributed by atoms with Crippen LogP contribution in [0.3, 0.4) is 0 Å². The zero-order valence-electron chi connectivity index (χ0n) is 10.0. The van der Waals surface area contributed by atoms with Gasteiger partial charge in [-0.3, -0.25) is 0 Å². The number of hydrogen-bond donors (Lipinski definition) is 1. The van der Waals surface area contributed by atoms with Crippen molar-refractivity contribution < 1.29 is 8.42 Å². The smallest absolute Gasteiger partial charge is 0.156 e. The van der Waals surface area contributed by atoms with Crippen molar-refractivity contribution in [2.24, 2.45) is 0 Å². The Balaban J connectivity index is 2.30. The Bertz CT molecular complexity index is 284. The van der Waals surface area contributed by atoms with E-state index in [1.807, 2.05) is 0 Å². The van der Waals surface area contributed by atoms with Crippen molar-refractivity contribution in [1.82, 2.24) is 5.32 Å². The highest BCUT2D eigenvalue weighted by atomic mass is 32.2. The van der Waals surface area contributed by atoms with Crippen molar-refractivity contribution >= 4 is 9.84 Å². The molecule has 0 aromatic rings. The van der Waals surface area contributed by atoms with Gasteiger partial charge in [0.25, 0.3) is 0 Å². The van der Waals surface area contributed by atoms with Crippen LogP contribution in [0.15, 0.2) is 0 Å². The van der Waals surface area contributed by atoms with Crippen LogP contribution in [0.25, 0.3) is 0 Å². The zero-order valence-corrected chi connectivity index (χ0v) is 10.9. The van der Waals surface area contributed by atoms with Crippen molar-refractivity contribution in [1.29, 1.82) is 0 Å². The summed E-state index contributed by atoms with van der Waals surface area (Å²) in [6, 6.07) is 0.556. The molecule has 0 unspecified atom stereocenters. The molecule has 0 aromatic carbocycles. The molecule has 1 N–H and O–H groups in total. The fraction of sp³-hybridized carbons (Fsp3) is 1.00. The second-order valence-electron chi connectivity index (χ2n) is 5.37. The second-order valence-corrected chi connectivity index (χ2v) is 8.23. The Hall–Kier alpha value is -0.0900. The highest BCUT2D eigenvalue weighted by Gasteiger charge is 2.28. The van der Waals surface area contributed by atoms with E-state index in [1.165, 1.54) is 25.7 Å². The second kappa shape index (κ2) is 4.83. The molecular weight excluding hydrogens is 210 g/mol. The molecule has 90 valence electrons. The van der Waals surface area contributed by atoms with Gasteiger partial charge < -0.3 is 5.32 Å². The van der Waals surface area contributed by atoms with Gasteiger partial charge in [0.1, 0.15) is 0 Å². The van der Waals surface area contributed by atoms with Crippen LogP contribution >= 0.6 is 0 Å². The third kappa shape index (κ3) is 3.76. The van der Waals surface area contributed by atoms with E-state index in [9.17, 15) is 8.42 Å². The van der Waals surface area contributed by atoms with Crippen LogP contribution in [0, 0.1) is 0 Å². The van der Waals surface area contributed by atoms with E-state index in [1.54, 1.807) is 20.8 Å². The maximum atomic E-state index is 11.8. The number of hydrogen-bond acceptors (Lipinski definition) is 3. The van der Waals surface area contributed by atoms with Gasteiger partial charge in [-0.05, 0) is 33.6 Å². The molecule has 1 saturated carbocycles. The topological polar surface area (TPSA) is 46.2 Å². The van der Waals surface area contributed by atoms with Gasteiger partial charge in [-0.25, -0.2) is 8.42 Å². The monoisotopic (exact) mass is 233 g/mol. The van der Waals surface area contributed by atoms with Gasteiger partial charge in [0.05, 0.1) is 10.5 Å². The molecule has 0 spiro atoms. The maximum Gasteiger partial charge on any atom is 0.156 e. The van der Waals surface area contributed by atoms with Gasteiger partial charge in [-0.1, -0.05) is 12.8 Å². The van der Waals surface area contributed by atoms with Crippen molar-refractivity contribution in [3.8, 4) is 0 Å². The molecule has 3 nitrogen and oxygen atoms in total. The predicted octanol–water partition coefficient (Wildman–Crippen LogP) is 1.73. The number of sulfone groups is 1. The van der Waals surface area contributed by atoms with Crippen LogP contribution in [0.5, 0.6) is 0 Å². The number of nitrogens with one attached hydrogen (secondary N) is 1. The quantitative estimate of drug-likeness (QED) is 0.804. The lowest BCUT2D eigenvalue weighted by molar-refractivity contribution is 0.526. The molecule has 1 fully saturated rings. The summed E-state index contributed by atoms with van der Waals surface area (Å²) in [5, 5.41) is 3.33. The molecule has 4 heteroatoms. The van der Waals surface area contributed by atoms with E-state index in [0.29, 0.717) is 12.6 Å². The molecule has 0 radical (unpaired) electrons. The van der Waals surface area contributed by atoms with E-state index < -0.39 is 14.6 Å². The SMILES string of the molecule is CC(C)(C)S(=O)(=O)CCNC1CCCC1. The first-order valence-electron chi connectivity index (χ1n) is 5.78. The van der Waals surface area contributed by atoms with E-state index in [0.717, 1.165) is 0 Å². The normalized spacial score (nSPS) is 19.7. The van der Waals surface area contributed by atoms with Crippen molar-refractivity contribution in [3.05, 3.63) is 0 Å². The first-order valence-corrected chi connectivity index (χ1v) is 7.44. The fourth-order valence-corrected chi connectivity index (χ4v) is 2.83. The predicted molar refractivity (Wildman–Crippen MR) is 63.8 cm³/mol. The minimum absolute atomic E-state index is 0.257. The summed E-state index contributed by atoms with van der Waals surface area (Å²) in [7, 11) is -2.95. The Labute approximate surface area is 93.6 Å². The first kappa shape index (κ1) is 13.0. The molecular formula is C11H23NO2S. The Morgan fingerprint density at radius 1 is 1.20 bits per heavy atom. The first-order chi connectivity index (χ1) is 6.83. The average molecular weight is 233 g/mol. The van der Waals surface area contributed by atoms with Crippen molar-refractivity contribution in [3.63, 3.8) is 0 Å². The van der Waals surface area contributed by atoms with Gasteiger partial charge in [0.2, 0.25) is 0 Å². The standard InChI is InChI=1S/C11H23NO2S/c1-11(2,3)15(13,14)9-8-12-10-6-4-5-7-10/h10,12H,4-9H2,1-3H3. The molecule has 0 aliphatic heterocycles. The molecule has 1 rings (SSSR count). The minimum Gasteiger partial charge on any atom is -0.313 e. The molecule has 0 bridgehead atoms. The third-order valence-corrected chi connectivity index (χ3v) is 5.70. The highest BCUT2D eigenvalue weighted by molar-refractivity contribution is 7.92. The summed E-state index contributed by atoms with van der Waals surface area (Å²) in [4.78, 5) is 0. The molecule has 0 aromatic heterocycles. The summed E-state index contributed by atoms with van der Waals surface area (Å²) in [5.74, 6) is 0.257. The summed E-state index contributed by atoms with van der Waals surface area (Å²) in [6.45, 7) is 5.89. The summed E-state index contributed by atoms with van der Waals surface area (Å²) < 4.78 is 23.0. The minimum atomic E-state index is -2.95. The van der Waals surface area contributed by atoms with Gasteiger partial charge in [0, 0.05) is 12.6 Å². The third-order valence-electron chi connectivity index (χ3n) is 3.09. The summed E-state index contributed by atoms with van der Waals surface area (Å²) in [5.41, 5.74) is 0. The Kier molecular flexibility index (Phi) is 4.18. The van der Waals surface area contributed by atoms with Gasteiger partial charge in [-0.15, -0.1) is 0 Å². The molecule has 1 aliphatic carbocycles. The molecule has 0 amide bonds. The zero-order chi connectivity index (χ0) is 11.5. The van der Waals surface area contributed by atoms with Crippen molar-refractivity contribution in [2.75, 3.05) is 12.3 Å². The highest BCUT2D eigenvalue weighted by Crippen LogP contribution is 2.18. The lowest BCUT2D eigenvalue weighted by atomic mass is 10.2. The van der Waals surface area contributed by atoms with Gasteiger partial charge in [0.15, 0.2) is 9.84 Å². The Morgan fingerprint density at radius 3 is 2.20 bits per heavy atom. The van der Waals surface area contributed by atoms with Crippen LogP contribution in [0.1, 0.15) is 46.5 Å². The Morgan fingerprint density at radius 2 is 1.73 bits per heavy atom. The average Bonchev–Trinajstić information content (AvgIpc) is 2.54. The lowest BCUT2D eigenvalue weighted by Crippen LogP contribution is -2.37. The van der Waals surface area contributed by atoms with E-state index >= 15 is 0 Å². The van der Waals surface area contributed by atoms with Crippen LogP contribution < -0.4 is 5.32 Å². The maximum absolute atomic E-state index is 11.8. The van der Waals surface area contributed by atoms with Crippen LogP contribution in [0.4, 0.5) is 0 Å². The van der Waals surface area contributed by atoms with Crippen molar-refractivity contribution in [2.45, 2.75) is 57.2 Å². The number of rotatable bonds is 4. The molecule has 0 atom stereocenters. The van der Waals surface area contributed by atoms with E-state index in [-0.39, 0.29) is 5.75 Å². The van der Waals surface area contributed by atoms with Crippen LogP contribution in [0.2, 0.25) is 0 Å². The molecule has 15 heavy (non-hydrogen) atoms.